The second-order valence-corrected chi connectivity index (χ2v) is 4.88. The summed E-state index contributed by atoms with van der Waals surface area (Å²) in [6.45, 7) is 2.09. The molecule has 0 heterocycles. The topological polar surface area (TPSA) is 46.5 Å². The summed E-state index contributed by atoms with van der Waals surface area (Å²) in [5.41, 5.74) is 1.81. The Morgan fingerprint density at radius 2 is 1.89 bits per heavy atom. The molecule has 3 nitrogen and oxygen atoms in total. The molecule has 0 aliphatic carbocycles. The molecule has 0 aliphatic heterocycles. The third-order valence-corrected chi connectivity index (χ3v) is 3.25. The number of hydrogen-bond donors (Lipinski definition) is 1. The summed E-state index contributed by atoms with van der Waals surface area (Å²) < 4.78 is 4.66. The van der Waals surface area contributed by atoms with Gasteiger partial charge in [0.1, 0.15) is 0 Å². The Morgan fingerprint density at radius 1 is 1.21 bits per heavy atom. The Labute approximate surface area is 115 Å². The van der Waals surface area contributed by atoms with E-state index >= 15 is 0 Å². The van der Waals surface area contributed by atoms with Crippen molar-refractivity contribution in [2.24, 2.45) is 0 Å². The first-order valence-corrected chi connectivity index (χ1v) is 7.02. The molecule has 1 aromatic carbocycles. The fraction of sp³-hybridized carbons (Fsp3) is 0.562. The van der Waals surface area contributed by atoms with Crippen molar-refractivity contribution in [3.63, 3.8) is 0 Å². The summed E-state index contributed by atoms with van der Waals surface area (Å²) in [5.74, 6) is -0.297. The van der Waals surface area contributed by atoms with Crippen LogP contribution in [0.2, 0.25) is 0 Å². The van der Waals surface area contributed by atoms with Crippen molar-refractivity contribution in [3.8, 4) is 0 Å². The fourth-order valence-electron chi connectivity index (χ4n) is 2.11. The van der Waals surface area contributed by atoms with Crippen LogP contribution < -0.4 is 0 Å². The van der Waals surface area contributed by atoms with Crippen LogP contribution in [0.15, 0.2) is 24.3 Å². The Bertz CT molecular complexity index is 370. The summed E-state index contributed by atoms with van der Waals surface area (Å²) in [5, 5.41) is 9.62. The zero-order chi connectivity index (χ0) is 14.1. The molecular weight excluding hydrogens is 240 g/mol. The molecule has 1 rings (SSSR count). The summed E-state index contributed by atoms with van der Waals surface area (Å²) in [7, 11) is 1.39. The molecule has 19 heavy (non-hydrogen) atoms. The number of esters is 1. The number of hydrogen-bond acceptors (Lipinski definition) is 3. The van der Waals surface area contributed by atoms with Crippen molar-refractivity contribution in [2.45, 2.75) is 51.6 Å². The van der Waals surface area contributed by atoms with Gasteiger partial charge in [-0.15, -0.1) is 0 Å². The molecule has 106 valence electrons. The number of aliphatic hydroxyl groups excluding tert-OH is 1. The van der Waals surface area contributed by atoms with Crippen LogP contribution in [-0.2, 0) is 11.2 Å². The first-order chi connectivity index (χ1) is 9.17. The predicted molar refractivity (Wildman–Crippen MR) is 76.3 cm³/mol. The fourth-order valence-corrected chi connectivity index (χ4v) is 2.11. The van der Waals surface area contributed by atoms with Crippen LogP contribution in [0, 0.1) is 0 Å². The zero-order valence-electron chi connectivity index (χ0n) is 11.9. The van der Waals surface area contributed by atoms with E-state index < -0.39 is 0 Å². The molecule has 0 aromatic heterocycles. The van der Waals surface area contributed by atoms with Gasteiger partial charge in [0.2, 0.25) is 0 Å². The Hall–Kier alpha value is -1.35. The molecule has 1 unspecified atom stereocenters. The van der Waals surface area contributed by atoms with E-state index in [0.29, 0.717) is 5.56 Å². The number of carbonyl (C=O) groups excluding carboxylic acids is 1. The molecule has 0 radical (unpaired) electrons. The third-order valence-electron chi connectivity index (χ3n) is 3.25. The number of aryl methyl sites for hydroxylation is 1. The average molecular weight is 264 g/mol. The van der Waals surface area contributed by atoms with E-state index in [4.69, 9.17) is 0 Å². The average Bonchev–Trinajstić information content (AvgIpc) is 2.44. The van der Waals surface area contributed by atoms with E-state index in [1.54, 1.807) is 12.1 Å². The monoisotopic (exact) mass is 264 g/mol. The minimum atomic E-state index is -0.297. The van der Waals surface area contributed by atoms with Crippen molar-refractivity contribution in [1.82, 2.24) is 0 Å². The maximum atomic E-state index is 11.3. The molecule has 0 saturated carbocycles. The van der Waals surface area contributed by atoms with E-state index in [9.17, 15) is 9.90 Å². The van der Waals surface area contributed by atoms with Crippen LogP contribution in [0.5, 0.6) is 0 Å². The van der Waals surface area contributed by atoms with Gasteiger partial charge in [0.15, 0.2) is 0 Å². The number of ether oxygens (including phenoxy) is 1. The molecule has 0 bridgehead atoms. The number of benzene rings is 1. The van der Waals surface area contributed by atoms with Crippen molar-refractivity contribution in [1.29, 1.82) is 0 Å². The second kappa shape index (κ2) is 8.70. The largest absolute Gasteiger partial charge is 0.465 e. The predicted octanol–water partition coefficient (Wildman–Crippen LogP) is 3.35. The van der Waals surface area contributed by atoms with Gasteiger partial charge < -0.3 is 9.84 Å². The van der Waals surface area contributed by atoms with Gasteiger partial charge in [0.25, 0.3) is 0 Å². The van der Waals surface area contributed by atoms with Crippen molar-refractivity contribution < 1.29 is 14.6 Å². The van der Waals surface area contributed by atoms with Crippen LogP contribution >= 0.6 is 0 Å². The quantitative estimate of drug-likeness (QED) is 0.578. The molecular formula is C16H24O3. The van der Waals surface area contributed by atoms with Gasteiger partial charge in [-0.05, 0) is 43.4 Å². The van der Waals surface area contributed by atoms with E-state index in [0.717, 1.165) is 38.5 Å². The molecule has 0 spiro atoms. The third kappa shape index (κ3) is 5.88. The van der Waals surface area contributed by atoms with Gasteiger partial charge in [0, 0.05) is 0 Å². The standard InChI is InChI=1S/C16H24O3/c1-3-6-15(17)8-5-4-7-13-9-11-14(12-10-13)16(18)19-2/h9-12,15,17H,3-8H2,1-2H3. The highest BCUT2D eigenvalue weighted by atomic mass is 16.5. The lowest BCUT2D eigenvalue weighted by Crippen LogP contribution is -2.05. The van der Waals surface area contributed by atoms with E-state index in [1.807, 2.05) is 12.1 Å². The number of methoxy groups -OCH3 is 1. The Morgan fingerprint density at radius 3 is 2.47 bits per heavy atom. The first kappa shape index (κ1) is 15.7. The van der Waals surface area contributed by atoms with Gasteiger partial charge in [-0.1, -0.05) is 31.9 Å². The van der Waals surface area contributed by atoms with Crippen molar-refractivity contribution in [2.75, 3.05) is 7.11 Å². The zero-order valence-corrected chi connectivity index (χ0v) is 11.9. The highest BCUT2D eigenvalue weighted by molar-refractivity contribution is 5.89. The van der Waals surface area contributed by atoms with Gasteiger partial charge in [-0.2, -0.15) is 0 Å². The van der Waals surface area contributed by atoms with Crippen LogP contribution in [0.4, 0.5) is 0 Å². The first-order valence-electron chi connectivity index (χ1n) is 7.02. The molecule has 0 amide bonds. The number of carbonyl (C=O) groups is 1. The highest BCUT2D eigenvalue weighted by Crippen LogP contribution is 2.12. The summed E-state index contributed by atoms with van der Waals surface area (Å²) in [4.78, 5) is 11.3. The normalized spacial score (nSPS) is 12.2. The van der Waals surface area contributed by atoms with Gasteiger partial charge >= 0.3 is 5.97 Å². The minimum Gasteiger partial charge on any atom is -0.465 e. The molecule has 1 N–H and O–H groups in total. The van der Waals surface area contributed by atoms with Gasteiger partial charge in [-0.25, -0.2) is 4.79 Å². The maximum absolute atomic E-state index is 11.3. The van der Waals surface area contributed by atoms with Crippen molar-refractivity contribution >= 4 is 5.97 Å². The minimum absolute atomic E-state index is 0.147. The van der Waals surface area contributed by atoms with Crippen LogP contribution in [-0.4, -0.2) is 24.3 Å². The number of unbranched alkanes of at least 4 members (excludes halogenated alkanes) is 1. The number of aliphatic hydroxyl groups is 1. The number of rotatable bonds is 8. The Kier molecular flexibility index (Phi) is 7.19. The highest BCUT2D eigenvalue weighted by Gasteiger charge is 2.05. The van der Waals surface area contributed by atoms with Crippen LogP contribution in [0.3, 0.4) is 0 Å². The molecule has 1 atom stereocenters. The molecule has 0 aliphatic rings. The summed E-state index contributed by atoms with van der Waals surface area (Å²) >= 11 is 0. The molecule has 3 heteroatoms. The Balaban J connectivity index is 2.28. The second-order valence-electron chi connectivity index (χ2n) is 4.88. The lowest BCUT2D eigenvalue weighted by Gasteiger charge is -2.08. The lowest BCUT2D eigenvalue weighted by molar-refractivity contribution is 0.0600. The van der Waals surface area contributed by atoms with E-state index in [2.05, 4.69) is 11.7 Å². The van der Waals surface area contributed by atoms with Gasteiger partial charge in [-0.3, -0.25) is 0 Å². The molecule has 0 fully saturated rings. The molecule has 1 aromatic rings. The maximum Gasteiger partial charge on any atom is 0.337 e. The van der Waals surface area contributed by atoms with E-state index in [-0.39, 0.29) is 12.1 Å². The van der Waals surface area contributed by atoms with E-state index in [1.165, 1.54) is 12.7 Å². The van der Waals surface area contributed by atoms with Crippen LogP contribution in [0.25, 0.3) is 0 Å². The van der Waals surface area contributed by atoms with Gasteiger partial charge in [0.05, 0.1) is 18.8 Å². The smallest absolute Gasteiger partial charge is 0.337 e. The molecule has 0 saturated heterocycles. The lowest BCUT2D eigenvalue weighted by atomic mass is 10.0. The summed E-state index contributed by atoms with van der Waals surface area (Å²) in [6, 6.07) is 7.53. The summed E-state index contributed by atoms with van der Waals surface area (Å²) in [6.07, 6.45) is 5.77. The van der Waals surface area contributed by atoms with Crippen molar-refractivity contribution in [3.05, 3.63) is 35.4 Å². The van der Waals surface area contributed by atoms with Crippen LogP contribution in [0.1, 0.15) is 54.9 Å². The SMILES string of the molecule is CCCC(O)CCCCc1ccc(C(=O)OC)cc1.